The van der Waals surface area contributed by atoms with E-state index >= 15 is 4.39 Å². The predicted octanol–water partition coefficient (Wildman–Crippen LogP) is 4.43. The highest BCUT2D eigenvalue weighted by atomic mass is 35.5. The second-order valence-electron chi connectivity index (χ2n) is 11.3. The lowest BCUT2D eigenvalue weighted by Gasteiger charge is -2.62. The number of aliphatic hydroxyl groups excluding tert-OH is 1. The number of halogens is 2. The van der Waals surface area contributed by atoms with Crippen LogP contribution in [0.5, 0.6) is 0 Å². The lowest BCUT2D eigenvalue weighted by Crippen LogP contribution is -2.62. The van der Waals surface area contributed by atoms with E-state index in [1.54, 1.807) is 6.08 Å². The van der Waals surface area contributed by atoms with Gasteiger partial charge in [0, 0.05) is 23.7 Å². The molecule has 0 aromatic carbocycles. The van der Waals surface area contributed by atoms with Crippen LogP contribution in [-0.4, -0.2) is 47.4 Å². The van der Waals surface area contributed by atoms with Crippen molar-refractivity contribution in [3.63, 3.8) is 0 Å². The van der Waals surface area contributed by atoms with Crippen molar-refractivity contribution in [2.75, 3.05) is 19.1 Å². The first-order valence-corrected chi connectivity index (χ1v) is 12.8. The Bertz CT molecular complexity index is 873. The molecule has 0 spiro atoms. The number of aliphatic hydroxyl groups is 1. The highest BCUT2D eigenvalue weighted by Crippen LogP contribution is 2.71. The molecule has 0 saturated heterocycles. The number of hydrogen-bond acceptors (Lipinski definition) is 5. The molecule has 0 unspecified atom stereocenters. The SMILES string of the molecule is C[C@H]1C[C@H]2[C@@H]3C[C@@H](COC(=O)CCO)[C@H](C(=O)CCl)[C@@]3(C)CC[C@]2(F)[C@@]2(C)CCC(=O)C=C12. The number of carbonyl (C=O) groups excluding carboxylic acids is 3. The minimum absolute atomic E-state index is 0.0200. The van der Waals surface area contributed by atoms with Crippen molar-refractivity contribution in [1.82, 2.24) is 0 Å². The smallest absolute Gasteiger partial charge is 0.308 e. The lowest BCUT2D eigenvalue weighted by atomic mass is 9.43. The molecule has 1 N–H and O–H groups in total. The Labute approximate surface area is 200 Å². The zero-order valence-corrected chi connectivity index (χ0v) is 20.6. The Morgan fingerprint density at radius 1 is 1.21 bits per heavy atom. The Morgan fingerprint density at radius 2 is 1.94 bits per heavy atom. The van der Waals surface area contributed by atoms with Gasteiger partial charge in [-0.25, -0.2) is 4.39 Å². The van der Waals surface area contributed by atoms with Gasteiger partial charge in [-0.15, -0.1) is 11.6 Å². The third kappa shape index (κ3) is 3.71. The van der Waals surface area contributed by atoms with E-state index in [4.69, 9.17) is 21.4 Å². The van der Waals surface area contributed by atoms with Crippen LogP contribution in [-0.2, 0) is 19.1 Å². The van der Waals surface area contributed by atoms with Crippen molar-refractivity contribution in [2.45, 2.75) is 71.4 Å². The van der Waals surface area contributed by atoms with Crippen molar-refractivity contribution in [1.29, 1.82) is 0 Å². The number of hydrogen-bond donors (Lipinski definition) is 1. The zero-order chi connectivity index (χ0) is 24.2. The van der Waals surface area contributed by atoms with Gasteiger partial charge in [0.05, 0.1) is 25.5 Å². The van der Waals surface area contributed by atoms with Gasteiger partial charge in [0.15, 0.2) is 11.6 Å². The largest absolute Gasteiger partial charge is 0.465 e. The first kappa shape index (κ1) is 24.8. The molecule has 0 radical (unpaired) electrons. The van der Waals surface area contributed by atoms with Crippen molar-refractivity contribution >= 4 is 29.1 Å². The second kappa shape index (κ2) is 8.75. The van der Waals surface area contributed by atoms with E-state index in [-0.39, 0.29) is 66.7 Å². The minimum Gasteiger partial charge on any atom is -0.465 e. The molecule has 3 saturated carbocycles. The predicted molar refractivity (Wildman–Crippen MR) is 122 cm³/mol. The van der Waals surface area contributed by atoms with Gasteiger partial charge >= 0.3 is 5.97 Å². The molecule has 5 nitrogen and oxygen atoms in total. The van der Waals surface area contributed by atoms with E-state index in [0.717, 1.165) is 5.57 Å². The third-order valence-corrected chi connectivity index (χ3v) is 10.1. The van der Waals surface area contributed by atoms with Crippen LogP contribution in [0, 0.1) is 40.4 Å². The monoisotopic (exact) mass is 482 g/mol. The van der Waals surface area contributed by atoms with Gasteiger partial charge < -0.3 is 9.84 Å². The van der Waals surface area contributed by atoms with Gasteiger partial charge in [-0.1, -0.05) is 26.3 Å². The van der Waals surface area contributed by atoms with Crippen LogP contribution in [0.2, 0.25) is 0 Å². The average Bonchev–Trinajstić information content (AvgIpc) is 3.07. The second-order valence-corrected chi connectivity index (χ2v) is 11.6. The van der Waals surface area contributed by atoms with Crippen LogP contribution in [0.4, 0.5) is 4.39 Å². The number of fused-ring (bicyclic) bond motifs is 5. The van der Waals surface area contributed by atoms with Crippen LogP contribution in [0.25, 0.3) is 0 Å². The van der Waals surface area contributed by atoms with E-state index in [9.17, 15) is 14.4 Å². The summed E-state index contributed by atoms with van der Waals surface area (Å²) in [5.41, 5.74) is -1.53. The van der Waals surface area contributed by atoms with E-state index < -0.39 is 22.5 Å². The number of alkyl halides is 2. The van der Waals surface area contributed by atoms with E-state index in [1.807, 2.05) is 6.92 Å². The maximum Gasteiger partial charge on any atom is 0.308 e. The molecule has 7 heteroatoms. The first-order valence-electron chi connectivity index (χ1n) is 12.3. The van der Waals surface area contributed by atoms with Crippen LogP contribution in [0.15, 0.2) is 11.6 Å². The van der Waals surface area contributed by atoms with Gasteiger partial charge in [0.2, 0.25) is 0 Å². The molecule has 4 aliphatic carbocycles. The van der Waals surface area contributed by atoms with E-state index in [0.29, 0.717) is 38.5 Å². The topological polar surface area (TPSA) is 80.7 Å². The summed E-state index contributed by atoms with van der Waals surface area (Å²) in [5.74, 6) is -1.27. The summed E-state index contributed by atoms with van der Waals surface area (Å²) < 4.78 is 22.6. The van der Waals surface area contributed by atoms with Gasteiger partial charge in [-0.3, -0.25) is 14.4 Å². The Morgan fingerprint density at radius 3 is 2.61 bits per heavy atom. The van der Waals surface area contributed by atoms with Gasteiger partial charge in [-0.05, 0) is 61.3 Å². The number of allylic oxidation sites excluding steroid dienone is 1. The summed E-state index contributed by atoms with van der Waals surface area (Å²) in [6.45, 7) is 6.01. The molecule has 184 valence electrons. The molecule has 0 bridgehead atoms. The summed E-state index contributed by atoms with van der Waals surface area (Å²) in [5, 5.41) is 8.99. The maximum absolute atomic E-state index is 17.2. The summed E-state index contributed by atoms with van der Waals surface area (Å²) in [6.07, 6.45) is 4.75. The Hall–Kier alpha value is -1.27. The van der Waals surface area contributed by atoms with Gasteiger partial charge in [0.25, 0.3) is 0 Å². The molecule has 0 aromatic heterocycles. The molecular weight excluding hydrogens is 447 g/mol. The molecule has 0 amide bonds. The van der Waals surface area contributed by atoms with Gasteiger partial charge in [0.1, 0.15) is 5.67 Å². The molecular formula is C26H36ClFO5. The molecule has 8 atom stereocenters. The van der Waals surface area contributed by atoms with Crippen LogP contribution >= 0.6 is 11.6 Å². The Balaban J connectivity index is 1.68. The molecule has 33 heavy (non-hydrogen) atoms. The summed E-state index contributed by atoms with van der Waals surface area (Å²) in [6, 6.07) is 0. The van der Waals surface area contributed by atoms with Crippen LogP contribution in [0.1, 0.15) is 65.7 Å². The number of esters is 1. The van der Waals surface area contributed by atoms with E-state index in [1.165, 1.54) is 0 Å². The van der Waals surface area contributed by atoms with Gasteiger partial charge in [-0.2, -0.15) is 0 Å². The number of carbonyl (C=O) groups is 3. The van der Waals surface area contributed by atoms with E-state index in [2.05, 4.69) is 13.8 Å². The fourth-order valence-electron chi connectivity index (χ4n) is 8.26. The van der Waals surface area contributed by atoms with Crippen molar-refractivity contribution < 1.29 is 28.6 Å². The number of ether oxygens (including phenoxy) is 1. The first-order chi connectivity index (χ1) is 15.5. The van der Waals surface area contributed by atoms with Crippen molar-refractivity contribution in [3.05, 3.63) is 11.6 Å². The van der Waals surface area contributed by atoms with Crippen LogP contribution in [0.3, 0.4) is 0 Å². The fraction of sp³-hybridized carbons (Fsp3) is 0.808. The van der Waals surface area contributed by atoms with Crippen molar-refractivity contribution in [2.24, 2.45) is 40.4 Å². The summed E-state index contributed by atoms with van der Waals surface area (Å²) in [4.78, 5) is 37.1. The van der Waals surface area contributed by atoms with Crippen molar-refractivity contribution in [3.8, 4) is 0 Å². The Kier molecular flexibility index (Phi) is 6.58. The molecule has 3 fully saturated rings. The van der Waals surface area contributed by atoms with Crippen LogP contribution < -0.4 is 0 Å². The fourth-order valence-corrected chi connectivity index (χ4v) is 8.43. The lowest BCUT2D eigenvalue weighted by molar-refractivity contribution is -0.158. The molecule has 4 rings (SSSR count). The summed E-state index contributed by atoms with van der Waals surface area (Å²) >= 11 is 6.01. The zero-order valence-electron chi connectivity index (χ0n) is 19.9. The third-order valence-electron chi connectivity index (χ3n) is 9.82. The normalized spacial score (nSPS) is 44.4. The highest BCUT2D eigenvalue weighted by molar-refractivity contribution is 6.28. The quantitative estimate of drug-likeness (QED) is 0.447. The number of ketones is 2. The number of rotatable bonds is 6. The molecule has 0 heterocycles. The highest BCUT2D eigenvalue weighted by Gasteiger charge is 2.69. The number of Topliss-reactive ketones (excluding diaryl/α,β-unsaturated/α-hetero) is 1. The maximum atomic E-state index is 17.2. The minimum atomic E-state index is -1.42. The molecule has 0 aliphatic heterocycles. The summed E-state index contributed by atoms with van der Waals surface area (Å²) in [7, 11) is 0. The average molecular weight is 483 g/mol. The molecule has 4 aliphatic rings. The standard InChI is InChI=1S/C26H36ClFO5/c1-15-10-20-19-11-16(14-33-22(32)5-9-29)23(21(31)13-27)24(19,2)7-8-26(20,28)25(3)6-4-17(30)12-18(15)25/h12,15-16,19-20,23,29H,4-11,13-14H2,1-3H3/t15-,16-,19-,20-,23+,24-,25-,26+/m0/s1. The molecule has 0 aromatic rings.